The van der Waals surface area contributed by atoms with Gasteiger partial charge >= 0.3 is 0 Å². The fourth-order valence-corrected chi connectivity index (χ4v) is 3.58. The third-order valence-corrected chi connectivity index (χ3v) is 5.04. The number of aryl methyl sites for hydroxylation is 2. The zero-order chi connectivity index (χ0) is 18.3. The topological polar surface area (TPSA) is 110 Å². The molecule has 0 bridgehead atoms. The quantitative estimate of drug-likeness (QED) is 0.267. The lowest BCUT2D eigenvalue weighted by molar-refractivity contribution is 0.318. The number of aromatic nitrogens is 2. The second-order valence-electron chi connectivity index (χ2n) is 5.68. The highest BCUT2D eigenvalue weighted by Crippen LogP contribution is 2.44. The van der Waals surface area contributed by atoms with E-state index >= 15 is 0 Å². The third kappa shape index (κ3) is 2.68. The first-order valence-electron chi connectivity index (χ1n) is 7.45. The molecule has 0 aliphatic rings. The molecular formula is C17H17BrN4O3. The van der Waals surface area contributed by atoms with Crippen LogP contribution >= 0.6 is 15.9 Å². The lowest BCUT2D eigenvalue weighted by Gasteiger charge is -2.08. The maximum atomic E-state index is 9.59. The van der Waals surface area contributed by atoms with Crippen molar-refractivity contribution in [3.63, 3.8) is 0 Å². The van der Waals surface area contributed by atoms with E-state index in [4.69, 9.17) is 10.3 Å². The summed E-state index contributed by atoms with van der Waals surface area (Å²) in [6.45, 7) is 3.65. The molecule has 2 aromatic heterocycles. The summed E-state index contributed by atoms with van der Waals surface area (Å²) in [5, 5.41) is 26.0. The van der Waals surface area contributed by atoms with Crippen molar-refractivity contribution in [3.05, 3.63) is 46.0 Å². The lowest BCUT2D eigenvalue weighted by Crippen LogP contribution is -2.18. The van der Waals surface area contributed by atoms with Crippen molar-refractivity contribution in [1.29, 1.82) is 0 Å². The van der Waals surface area contributed by atoms with Crippen molar-refractivity contribution in [2.45, 2.75) is 13.8 Å². The Balaban J connectivity index is 2.45. The van der Waals surface area contributed by atoms with Gasteiger partial charge in [0, 0.05) is 18.2 Å². The Bertz CT molecular complexity index is 951. The maximum absolute atomic E-state index is 9.59. The Hall–Kier alpha value is -2.74. The molecular weight excluding hydrogens is 388 g/mol. The van der Waals surface area contributed by atoms with Gasteiger partial charge in [0.15, 0.2) is 5.84 Å². The molecule has 1 aromatic carbocycles. The Labute approximate surface area is 152 Å². The van der Waals surface area contributed by atoms with Gasteiger partial charge in [-0.15, -0.1) is 0 Å². The maximum Gasteiger partial charge on any atom is 0.187 e. The van der Waals surface area contributed by atoms with E-state index in [1.807, 2.05) is 20.9 Å². The van der Waals surface area contributed by atoms with Gasteiger partial charge in [-0.25, -0.2) is 0 Å². The normalized spacial score (nSPS) is 11.9. The van der Waals surface area contributed by atoms with Crippen molar-refractivity contribution in [2.24, 2.45) is 17.9 Å². The van der Waals surface area contributed by atoms with Crippen LogP contribution in [0.3, 0.4) is 0 Å². The number of aromatic hydroxyl groups is 1. The monoisotopic (exact) mass is 404 g/mol. The smallest absolute Gasteiger partial charge is 0.187 e. The number of hydrogen-bond acceptors (Lipinski definition) is 5. The van der Waals surface area contributed by atoms with Gasteiger partial charge in [0.2, 0.25) is 0 Å². The van der Waals surface area contributed by atoms with E-state index in [2.05, 4.69) is 26.2 Å². The van der Waals surface area contributed by atoms with Crippen molar-refractivity contribution in [1.82, 2.24) is 9.72 Å². The molecule has 8 heteroatoms. The van der Waals surface area contributed by atoms with Crippen LogP contribution in [0.15, 0.2) is 38.5 Å². The number of amidine groups is 1. The summed E-state index contributed by atoms with van der Waals surface area (Å²) in [7, 11) is 1.81. The minimum atomic E-state index is -0.0248. The number of phenolic OH excluding ortho intramolecular Hbond substituents is 1. The SMILES string of the molecule is Cc1noc(C)c1-c1c(-c2ccc(O)cc2)c(Br)n(C)c1C(N)=NO. The summed E-state index contributed by atoms with van der Waals surface area (Å²) in [4.78, 5) is 0. The minimum absolute atomic E-state index is 0.0248. The van der Waals surface area contributed by atoms with E-state index < -0.39 is 0 Å². The lowest BCUT2D eigenvalue weighted by atomic mass is 9.95. The number of halogens is 1. The number of phenols is 1. The van der Waals surface area contributed by atoms with Gasteiger partial charge in [-0.2, -0.15) is 0 Å². The molecule has 0 fully saturated rings. The molecule has 0 radical (unpaired) electrons. The second kappa shape index (κ2) is 6.29. The number of nitrogens with two attached hydrogens (primary N) is 1. The van der Waals surface area contributed by atoms with Crippen LogP contribution in [0.5, 0.6) is 5.75 Å². The zero-order valence-electron chi connectivity index (χ0n) is 13.9. The highest BCUT2D eigenvalue weighted by Gasteiger charge is 2.28. The molecule has 0 saturated carbocycles. The summed E-state index contributed by atoms with van der Waals surface area (Å²) < 4.78 is 7.85. The summed E-state index contributed by atoms with van der Waals surface area (Å²) in [5.74, 6) is 0.775. The first-order chi connectivity index (χ1) is 11.9. The molecule has 0 spiro atoms. The summed E-state index contributed by atoms with van der Waals surface area (Å²) in [5.41, 5.74) is 10.4. The van der Waals surface area contributed by atoms with Crippen LogP contribution in [-0.4, -0.2) is 25.9 Å². The van der Waals surface area contributed by atoms with Gasteiger partial charge in [0.25, 0.3) is 0 Å². The predicted octanol–water partition coefficient (Wildman–Crippen LogP) is 3.53. The summed E-state index contributed by atoms with van der Waals surface area (Å²) in [6.07, 6.45) is 0. The molecule has 3 aromatic rings. The summed E-state index contributed by atoms with van der Waals surface area (Å²) >= 11 is 3.60. The van der Waals surface area contributed by atoms with Crippen molar-refractivity contribution >= 4 is 21.8 Å². The molecule has 0 aliphatic heterocycles. The van der Waals surface area contributed by atoms with Gasteiger partial charge in [0.05, 0.1) is 21.6 Å². The van der Waals surface area contributed by atoms with E-state index in [0.717, 1.165) is 26.9 Å². The second-order valence-corrected chi connectivity index (χ2v) is 6.43. The van der Waals surface area contributed by atoms with Gasteiger partial charge in [-0.1, -0.05) is 22.4 Å². The number of oxime groups is 1. The molecule has 2 heterocycles. The Kier molecular flexibility index (Phi) is 4.30. The molecule has 130 valence electrons. The van der Waals surface area contributed by atoms with Gasteiger partial charge in [0.1, 0.15) is 11.5 Å². The van der Waals surface area contributed by atoms with Crippen LogP contribution in [-0.2, 0) is 7.05 Å². The van der Waals surface area contributed by atoms with Crippen LogP contribution < -0.4 is 5.73 Å². The first kappa shape index (κ1) is 17.1. The van der Waals surface area contributed by atoms with Crippen LogP contribution in [0.1, 0.15) is 17.1 Å². The standard InChI is InChI=1S/C17H17BrN4O3/c1-8-12(9(2)25-21-8)14-13(10-4-6-11(23)7-5-10)16(18)22(3)15(14)17(19)20-24/h4-7,23-24H,1-3H3,(H2,19,20). The molecule has 7 nitrogen and oxygen atoms in total. The third-order valence-electron chi connectivity index (χ3n) is 4.11. The first-order valence-corrected chi connectivity index (χ1v) is 8.24. The van der Waals surface area contributed by atoms with E-state index in [1.54, 1.807) is 28.8 Å². The van der Waals surface area contributed by atoms with Crippen LogP contribution in [0, 0.1) is 13.8 Å². The van der Waals surface area contributed by atoms with Crippen LogP contribution in [0.2, 0.25) is 0 Å². The molecule has 0 amide bonds. The largest absolute Gasteiger partial charge is 0.508 e. The molecule has 0 aliphatic carbocycles. The average Bonchev–Trinajstić information content (AvgIpc) is 3.05. The molecule has 4 N–H and O–H groups in total. The average molecular weight is 405 g/mol. The van der Waals surface area contributed by atoms with E-state index in [-0.39, 0.29) is 11.6 Å². The van der Waals surface area contributed by atoms with Crippen molar-refractivity contribution in [3.8, 4) is 28.0 Å². The van der Waals surface area contributed by atoms with E-state index in [9.17, 15) is 10.3 Å². The van der Waals surface area contributed by atoms with E-state index in [0.29, 0.717) is 17.1 Å². The molecule has 0 saturated heterocycles. The molecule has 0 unspecified atom stereocenters. The predicted molar refractivity (Wildman–Crippen MR) is 97.7 cm³/mol. The number of hydrogen-bond donors (Lipinski definition) is 3. The minimum Gasteiger partial charge on any atom is -0.508 e. The van der Waals surface area contributed by atoms with Crippen LogP contribution in [0.4, 0.5) is 0 Å². The van der Waals surface area contributed by atoms with Gasteiger partial charge < -0.3 is 25.1 Å². The Morgan fingerprint density at radius 2 is 1.84 bits per heavy atom. The Morgan fingerprint density at radius 1 is 1.20 bits per heavy atom. The summed E-state index contributed by atoms with van der Waals surface area (Å²) in [6, 6.07) is 6.81. The molecule has 25 heavy (non-hydrogen) atoms. The van der Waals surface area contributed by atoms with E-state index in [1.165, 1.54) is 0 Å². The highest BCUT2D eigenvalue weighted by atomic mass is 79.9. The fraction of sp³-hybridized carbons (Fsp3) is 0.176. The number of benzene rings is 1. The molecule has 3 rings (SSSR count). The van der Waals surface area contributed by atoms with Crippen LogP contribution in [0.25, 0.3) is 22.3 Å². The molecule has 0 atom stereocenters. The highest BCUT2D eigenvalue weighted by molar-refractivity contribution is 9.10. The van der Waals surface area contributed by atoms with Gasteiger partial charge in [-0.3, -0.25) is 0 Å². The fourth-order valence-electron chi connectivity index (χ4n) is 2.98. The van der Waals surface area contributed by atoms with Gasteiger partial charge in [-0.05, 0) is 47.5 Å². The zero-order valence-corrected chi connectivity index (χ0v) is 15.5. The van der Waals surface area contributed by atoms with Crippen molar-refractivity contribution in [2.75, 3.05) is 0 Å². The number of rotatable bonds is 3. The number of nitrogens with zero attached hydrogens (tertiary/aromatic N) is 3. The van der Waals surface area contributed by atoms with Crippen molar-refractivity contribution < 1.29 is 14.8 Å². The Morgan fingerprint density at radius 3 is 2.36 bits per heavy atom.